The number of carbonyl (C=O) groups is 1. The molecular formula is C9H17NO4. The van der Waals surface area contributed by atoms with Gasteiger partial charge in [0.2, 0.25) is 0 Å². The van der Waals surface area contributed by atoms with Gasteiger partial charge in [-0.1, -0.05) is 0 Å². The van der Waals surface area contributed by atoms with Crippen LogP contribution in [0.15, 0.2) is 0 Å². The topological polar surface area (TPSA) is 67.8 Å². The van der Waals surface area contributed by atoms with Crippen molar-refractivity contribution in [3.63, 3.8) is 0 Å². The highest BCUT2D eigenvalue weighted by Crippen LogP contribution is 2.13. The third-order valence-electron chi connectivity index (χ3n) is 1.82. The second kappa shape index (κ2) is 4.14. The van der Waals surface area contributed by atoms with E-state index in [-0.39, 0.29) is 18.8 Å². The van der Waals surface area contributed by atoms with Gasteiger partial charge in [0.1, 0.15) is 11.7 Å². The van der Waals surface area contributed by atoms with Gasteiger partial charge in [-0.3, -0.25) is 0 Å². The van der Waals surface area contributed by atoms with Crippen molar-refractivity contribution in [1.29, 1.82) is 0 Å². The van der Waals surface area contributed by atoms with E-state index in [0.717, 1.165) is 0 Å². The van der Waals surface area contributed by atoms with E-state index in [9.17, 15) is 4.79 Å². The first-order valence-corrected chi connectivity index (χ1v) is 4.64. The zero-order valence-corrected chi connectivity index (χ0v) is 8.74. The van der Waals surface area contributed by atoms with Crippen LogP contribution in [-0.4, -0.2) is 42.2 Å². The van der Waals surface area contributed by atoms with E-state index in [1.807, 2.05) is 0 Å². The van der Waals surface area contributed by atoms with Gasteiger partial charge in [-0.05, 0) is 20.8 Å². The molecule has 5 heteroatoms. The van der Waals surface area contributed by atoms with Crippen molar-refractivity contribution in [2.45, 2.75) is 38.5 Å². The maximum atomic E-state index is 11.3. The monoisotopic (exact) mass is 203 g/mol. The summed E-state index contributed by atoms with van der Waals surface area (Å²) in [5.74, 6) is 0. The molecule has 0 aromatic heterocycles. The summed E-state index contributed by atoms with van der Waals surface area (Å²) in [6.45, 7) is 5.75. The van der Waals surface area contributed by atoms with Crippen LogP contribution in [0.25, 0.3) is 0 Å². The Hall–Kier alpha value is -0.810. The van der Waals surface area contributed by atoms with E-state index in [2.05, 4.69) is 5.32 Å². The lowest BCUT2D eigenvalue weighted by Crippen LogP contribution is -2.58. The Balaban J connectivity index is 2.27. The van der Waals surface area contributed by atoms with Crippen molar-refractivity contribution in [3.05, 3.63) is 0 Å². The van der Waals surface area contributed by atoms with E-state index in [4.69, 9.17) is 14.6 Å². The first-order valence-electron chi connectivity index (χ1n) is 4.64. The molecule has 1 aliphatic rings. The van der Waals surface area contributed by atoms with Crippen molar-refractivity contribution < 1.29 is 19.4 Å². The van der Waals surface area contributed by atoms with E-state index in [0.29, 0.717) is 6.61 Å². The molecule has 82 valence electrons. The van der Waals surface area contributed by atoms with Crippen molar-refractivity contribution in [2.24, 2.45) is 0 Å². The predicted molar refractivity (Wildman–Crippen MR) is 50.0 cm³/mol. The van der Waals surface area contributed by atoms with Crippen LogP contribution in [0.2, 0.25) is 0 Å². The van der Waals surface area contributed by atoms with Crippen LogP contribution in [0.5, 0.6) is 0 Å². The molecular weight excluding hydrogens is 186 g/mol. The Kier molecular flexibility index (Phi) is 3.34. The molecule has 1 saturated heterocycles. The SMILES string of the molecule is CC(C)(C)OC(=O)N[C@@H]1CO[C@@H]1CO. The Morgan fingerprint density at radius 2 is 2.29 bits per heavy atom. The number of nitrogens with one attached hydrogen (secondary N) is 1. The van der Waals surface area contributed by atoms with Gasteiger partial charge in [-0.15, -0.1) is 0 Å². The molecule has 1 aliphatic heterocycles. The van der Waals surface area contributed by atoms with Crippen molar-refractivity contribution in [2.75, 3.05) is 13.2 Å². The van der Waals surface area contributed by atoms with Crippen LogP contribution < -0.4 is 5.32 Å². The summed E-state index contributed by atoms with van der Waals surface area (Å²) < 4.78 is 10.1. The highest BCUT2D eigenvalue weighted by Gasteiger charge is 2.33. The van der Waals surface area contributed by atoms with Gasteiger partial charge in [0.05, 0.1) is 19.3 Å². The minimum absolute atomic E-state index is 0.0829. The summed E-state index contributed by atoms with van der Waals surface area (Å²) in [6, 6.07) is -0.130. The fraction of sp³-hybridized carbons (Fsp3) is 0.889. The molecule has 0 aromatic carbocycles. The van der Waals surface area contributed by atoms with Crippen LogP contribution in [0, 0.1) is 0 Å². The molecule has 2 N–H and O–H groups in total. The molecule has 0 saturated carbocycles. The number of ether oxygens (including phenoxy) is 2. The molecule has 0 unspecified atom stereocenters. The summed E-state index contributed by atoms with van der Waals surface area (Å²) >= 11 is 0. The van der Waals surface area contributed by atoms with E-state index < -0.39 is 11.7 Å². The van der Waals surface area contributed by atoms with E-state index >= 15 is 0 Å². The number of alkyl carbamates (subject to hydrolysis) is 1. The number of rotatable bonds is 2. The first-order chi connectivity index (χ1) is 6.42. The molecule has 1 amide bonds. The lowest BCUT2D eigenvalue weighted by atomic mass is 10.1. The molecule has 14 heavy (non-hydrogen) atoms. The van der Waals surface area contributed by atoms with Gasteiger partial charge >= 0.3 is 6.09 Å². The molecule has 5 nitrogen and oxygen atoms in total. The number of carbonyl (C=O) groups excluding carboxylic acids is 1. The lowest BCUT2D eigenvalue weighted by Gasteiger charge is -2.36. The number of aliphatic hydroxyl groups is 1. The minimum Gasteiger partial charge on any atom is -0.444 e. The normalized spacial score (nSPS) is 26.6. The van der Waals surface area contributed by atoms with E-state index in [1.54, 1.807) is 20.8 Å². The zero-order valence-electron chi connectivity index (χ0n) is 8.74. The fourth-order valence-electron chi connectivity index (χ4n) is 1.10. The second-order valence-corrected chi connectivity index (χ2v) is 4.31. The van der Waals surface area contributed by atoms with Crippen LogP contribution in [-0.2, 0) is 9.47 Å². The molecule has 0 aromatic rings. The summed E-state index contributed by atoms with van der Waals surface area (Å²) in [6.07, 6.45) is -0.758. The quantitative estimate of drug-likeness (QED) is 0.676. The van der Waals surface area contributed by atoms with E-state index in [1.165, 1.54) is 0 Å². The van der Waals surface area contributed by atoms with Gasteiger partial charge < -0.3 is 19.9 Å². The fourth-order valence-corrected chi connectivity index (χ4v) is 1.10. The Morgan fingerprint density at radius 3 is 2.64 bits per heavy atom. The number of hydrogen-bond donors (Lipinski definition) is 2. The van der Waals surface area contributed by atoms with Crippen LogP contribution in [0.1, 0.15) is 20.8 Å². The molecule has 0 radical (unpaired) electrons. The lowest BCUT2D eigenvalue weighted by molar-refractivity contribution is -0.109. The molecule has 1 fully saturated rings. The van der Waals surface area contributed by atoms with Crippen LogP contribution >= 0.6 is 0 Å². The molecule has 1 rings (SSSR count). The van der Waals surface area contributed by atoms with Gasteiger partial charge in [0.15, 0.2) is 0 Å². The second-order valence-electron chi connectivity index (χ2n) is 4.31. The summed E-state index contributed by atoms with van der Waals surface area (Å²) in [7, 11) is 0. The average Bonchev–Trinajstić information content (AvgIpc) is 1.96. The molecule has 0 aliphatic carbocycles. The molecule has 2 atom stereocenters. The third kappa shape index (κ3) is 3.16. The number of hydrogen-bond acceptors (Lipinski definition) is 4. The Bertz CT molecular complexity index is 209. The molecule has 1 heterocycles. The summed E-state index contributed by atoms with van der Waals surface area (Å²) in [4.78, 5) is 11.3. The molecule has 0 bridgehead atoms. The third-order valence-corrected chi connectivity index (χ3v) is 1.82. The maximum Gasteiger partial charge on any atom is 0.408 e. The number of aliphatic hydroxyl groups excluding tert-OH is 1. The van der Waals surface area contributed by atoms with Gasteiger partial charge in [-0.2, -0.15) is 0 Å². The number of amides is 1. The maximum absolute atomic E-state index is 11.3. The predicted octanol–water partition coefficient (Wildman–Crippen LogP) is 0.271. The highest BCUT2D eigenvalue weighted by atomic mass is 16.6. The molecule has 0 spiro atoms. The first kappa shape index (κ1) is 11.3. The largest absolute Gasteiger partial charge is 0.444 e. The summed E-state index contributed by atoms with van der Waals surface area (Å²) in [5, 5.41) is 11.4. The van der Waals surface area contributed by atoms with Crippen LogP contribution in [0.3, 0.4) is 0 Å². The van der Waals surface area contributed by atoms with Crippen LogP contribution in [0.4, 0.5) is 4.79 Å². The zero-order chi connectivity index (χ0) is 10.8. The van der Waals surface area contributed by atoms with Crippen molar-refractivity contribution >= 4 is 6.09 Å². The standard InChI is InChI=1S/C9H17NO4/c1-9(2,3)14-8(12)10-6-5-13-7(6)4-11/h6-7,11H,4-5H2,1-3H3,(H,10,12)/t6-,7-/m1/s1. The minimum atomic E-state index is -0.497. The van der Waals surface area contributed by atoms with Crippen molar-refractivity contribution in [3.8, 4) is 0 Å². The highest BCUT2D eigenvalue weighted by molar-refractivity contribution is 5.68. The van der Waals surface area contributed by atoms with Gasteiger partial charge in [0, 0.05) is 0 Å². The Labute approximate surface area is 83.4 Å². The van der Waals surface area contributed by atoms with Crippen molar-refractivity contribution in [1.82, 2.24) is 5.32 Å². The Morgan fingerprint density at radius 1 is 1.64 bits per heavy atom. The van der Waals surface area contributed by atoms with Gasteiger partial charge in [0.25, 0.3) is 0 Å². The average molecular weight is 203 g/mol. The van der Waals surface area contributed by atoms with Gasteiger partial charge in [-0.25, -0.2) is 4.79 Å². The summed E-state index contributed by atoms with van der Waals surface area (Å²) in [5.41, 5.74) is -0.497. The smallest absolute Gasteiger partial charge is 0.408 e.